The van der Waals surface area contributed by atoms with Gasteiger partial charge in [0.2, 0.25) is 5.91 Å². The molecule has 0 atom stereocenters. The number of aryl methyl sites for hydroxylation is 1. The van der Waals surface area contributed by atoms with Crippen molar-refractivity contribution in [1.29, 1.82) is 0 Å². The number of hydrogen-bond donors (Lipinski definition) is 2. The van der Waals surface area contributed by atoms with E-state index in [-0.39, 0.29) is 12.5 Å². The number of aliphatic hydroxyl groups is 1. The van der Waals surface area contributed by atoms with Gasteiger partial charge in [-0.25, -0.2) is 0 Å². The number of amides is 1. The molecule has 0 bridgehead atoms. The van der Waals surface area contributed by atoms with Crippen LogP contribution in [0.4, 0.5) is 5.69 Å². The van der Waals surface area contributed by atoms with Gasteiger partial charge in [0.1, 0.15) is 0 Å². The van der Waals surface area contributed by atoms with E-state index < -0.39 is 0 Å². The third-order valence-corrected chi connectivity index (χ3v) is 4.44. The molecule has 0 aliphatic heterocycles. The van der Waals surface area contributed by atoms with Crippen molar-refractivity contribution >= 4 is 17.7 Å². The van der Waals surface area contributed by atoms with E-state index >= 15 is 0 Å². The minimum atomic E-state index is -0.212. The van der Waals surface area contributed by atoms with Crippen LogP contribution in [-0.4, -0.2) is 50.9 Å². The number of benzene rings is 1. The van der Waals surface area contributed by atoms with Crippen molar-refractivity contribution in [3.63, 3.8) is 0 Å². The number of anilines is 1. The van der Waals surface area contributed by atoms with Crippen molar-refractivity contribution in [2.75, 3.05) is 25.5 Å². The van der Waals surface area contributed by atoms with Gasteiger partial charge in [-0.2, -0.15) is 5.10 Å². The van der Waals surface area contributed by atoms with Gasteiger partial charge in [0.25, 0.3) is 0 Å². The normalized spacial score (nSPS) is 11.3. The minimum absolute atomic E-state index is 0.135. The van der Waals surface area contributed by atoms with Crippen molar-refractivity contribution in [3.05, 3.63) is 72.3 Å². The molecule has 7 heteroatoms. The van der Waals surface area contributed by atoms with Gasteiger partial charge in [-0.3, -0.25) is 19.4 Å². The zero-order chi connectivity index (χ0) is 20.6. The van der Waals surface area contributed by atoms with Gasteiger partial charge in [0, 0.05) is 61.6 Å². The number of carbonyl (C=O) groups is 1. The van der Waals surface area contributed by atoms with Crippen LogP contribution in [0.1, 0.15) is 11.1 Å². The van der Waals surface area contributed by atoms with Gasteiger partial charge in [0.15, 0.2) is 0 Å². The van der Waals surface area contributed by atoms with E-state index in [1.165, 1.54) is 6.08 Å². The molecule has 3 rings (SSSR count). The molecule has 0 saturated carbocycles. The molecule has 1 amide bonds. The fourth-order valence-electron chi connectivity index (χ4n) is 2.97. The summed E-state index contributed by atoms with van der Waals surface area (Å²) in [5.74, 6) is -0.212. The SMILES string of the molecule is CN(CCO)Cc1ccc(NC(=O)/C=C/c2cnccc2-c2cnn(C)c2)cc1. The lowest BCUT2D eigenvalue weighted by Gasteiger charge is -2.15. The van der Waals surface area contributed by atoms with Gasteiger partial charge in [0.05, 0.1) is 12.8 Å². The van der Waals surface area contributed by atoms with Crippen LogP contribution in [-0.2, 0) is 18.4 Å². The van der Waals surface area contributed by atoms with Crippen molar-refractivity contribution < 1.29 is 9.90 Å². The predicted octanol–water partition coefficient (Wildman–Crippen LogP) is 2.56. The second kappa shape index (κ2) is 9.77. The Kier molecular flexibility index (Phi) is 6.89. The number of aromatic nitrogens is 3. The Morgan fingerprint density at radius 2 is 2.03 bits per heavy atom. The highest BCUT2D eigenvalue weighted by Gasteiger charge is 2.06. The maximum Gasteiger partial charge on any atom is 0.248 e. The monoisotopic (exact) mass is 391 g/mol. The fourth-order valence-corrected chi connectivity index (χ4v) is 2.97. The molecule has 0 fully saturated rings. The largest absolute Gasteiger partial charge is 0.395 e. The minimum Gasteiger partial charge on any atom is -0.395 e. The molecule has 150 valence electrons. The molecule has 29 heavy (non-hydrogen) atoms. The van der Waals surface area contributed by atoms with Crippen LogP contribution in [0.5, 0.6) is 0 Å². The fraction of sp³-hybridized carbons (Fsp3) is 0.227. The third-order valence-electron chi connectivity index (χ3n) is 4.44. The molecule has 0 unspecified atom stereocenters. The standard InChI is InChI=1S/C22H25N5O2/c1-26(11-12-28)15-17-3-6-20(7-4-17)25-22(29)8-5-18-13-23-10-9-21(18)19-14-24-27(2)16-19/h3-10,13-14,16,28H,11-12,15H2,1-2H3,(H,25,29)/b8-5+. The predicted molar refractivity (Wildman–Crippen MR) is 114 cm³/mol. The van der Waals surface area contributed by atoms with E-state index in [4.69, 9.17) is 5.11 Å². The van der Waals surface area contributed by atoms with E-state index in [9.17, 15) is 4.79 Å². The van der Waals surface area contributed by atoms with Crippen molar-refractivity contribution in [2.24, 2.45) is 7.05 Å². The van der Waals surface area contributed by atoms with Crippen LogP contribution in [0.25, 0.3) is 17.2 Å². The Morgan fingerprint density at radius 1 is 1.24 bits per heavy atom. The van der Waals surface area contributed by atoms with Gasteiger partial charge >= 0.3 is 0 Å². The van der Waals surface area contributed by atoms with Gasteiger partial charge in [-0.05, 0) is 42.4 Å². The first-order valence-electron chi connectivity index (χ1n) is 9.35. The van der Waals surface area contributed by atoms with Crippen LogP contribution in [0.2, 0.25) is 0 Å². The lowest BCUT2D eigenvalue weighted by Crippen LogP contribution is -2.21. The summed E-state index contributed by atoms with van der Waals surface area (Å²) in [6, 6.07) is 9.59. The third kappa shape index (κ3) is 5.84. The number of pyridine rings is 1. The highest BCUT2D eigenvalue weighted by molar-refractivity contribution is 6.02. The molecule has 7 nitrogen and oxygen atoms in total. The summed E-state index contributed by atoms with van der Waals surface area (Å²) in [6.07, 6.45) is 10.4. The van der Waals surface area contributed by atoms with Gasteiger partial charge in [-0.15, -0.1) is 0 Å². The molecular weight excluding hydrogens is 366 g/mol. The van der Waals surface area contributed by atoms with Crippen LogP contribution < -0.4 is 5.32 Å². The van der Waals surface area contributed by atoms with Gasteiger partial charge < -0.3 is 10.4 Å². The van der Waals surface area contributed by atoms with Crippen molar-refractivity contribution in [3.8, 4) is 11.1 Å². The second-order valence-electron chi connectivity index (χ2n) is 6.85. The highest BCUT2D eigenvalue weighted by atomic mass is 16.3. The zero-order valence-electron chi connectivity index (χ0n) is 16.6. The van der Waals surface area contributed by atoms with Crippen LogP contribution in [0.3, 0.4) is 0 Å². The Morgan fingerprint density at radius 3 is 2.72 bits per heavy atom. The van der Waals surface area contributed by atoms with Crippen LogP contribution >= 0.6 is 0 Å². The maximum atomic E-state index is 12.3. The average Bonchev–Trinajstić information content (AvgIpc) is 3.14. The molecule has 2 aromatic heterocycles. The molecule has 0 aliphatic rings. The van der Waals surface area contributed by atoms with E-state index in [1.807, 2.05) is 55.5 Å². The summed E-state index contributed by atoms with van der Waals surface area (Å²) in [6.45, 7) is 1.50. The van der Waals surface area contributed by atoms with Crippen LogP contribution in [0, 0.1) is 0 Å². The van der Waals surface area contributed by atoms with E-state index in [0.717, 1.165) is 34.5 Å². The highest BCUT2D eigenvalue weighted by Crippen LogP contribution is 2.23. The Hall–Kier alpha value is -3.29. The summed E-state index contributed by atoms with van der Waals surface area (Å²) in [5.41, 5.74) is 4.63. The Labute approximate surface area is 170 Å². The van der Waals surface area contributed by atoms with E-state index in [2.05, 4.69) is 15.4 Å². The molecule has 0 radical (unpaired) electrons. The summed E-state index contributed by atoms with van der Waals surface area (Å²) in [7, 11) is 3.82. The number of aliphatic hydroxyl groups excluding tert-OH is 1. The smallest absolute Gasteiger partial charge is 0.248 e. The number of nitrogens with zero attached hydrogens (tertiary/aromatic N) is 4. The van der Waals surface area contributed by atoms with Crippen LogP contribution in [0.15, 0.2) is 61.2 Å². The maximum absolute atomic E-state index is 12.3. The number of nitrogens with one attached hydrogen (secondary N) is 1. The summed E-state index contributed by atoms with van der Waals surface area (Å²) in [5, 5.41) is 16.0. The summed E-state index contributed by atoms with van der Waals surface area (Å²) in [4.78, 5) is 18.5. The zero-order valence-corrected chi connectivity index (χ0v) is 16.6. The first-order chi connectivity index (χ1) is 14.0. The lowest BCUT2D eigenvalue weighted by molar-refractivity contribution is -0.111. The molecule has 2 heterocycles. The quantitative estimate of drug-likeness (QED) is 0.577. The molecule has 1 aromatic carbocycles. The molecular formula is C22H25N5O2. The number of likely N-dealkylation sites (N-methyl/N-ethyl adjacent to an activating group) is 1. The first-order valence-corrected chi connectivity index (χ1v) is 9.35. The Balaban J connectivity index is 1.63. The summed E-state index contributed by atoms with van der Waals surface area (Å²) < 4.78 is 1.74. The molecule has 0 saturated heterocycles. The average molecular weight is 391 g/mol. The Bertz CT molecular complexity index is 979. The molecule has 3 aromatic rings. The lowest BCUT2D eigenvalue weighted by atomic mass is 10.0. The number of hydrogen-bond acceptors (Lipinski definition) is 5. The molecule has 0 spiro atoms. The van der Waals surface area contributed by atoms with Crippen molar-refractivity contribution in [1.82, 2.24) is 19.7 Å². The number of rotatable bonds is 8. The summed E-state index contributed by atoms with van der Waals surface area (Å²) >= 11 is 0. The first kappa shape index (κ1) is 20.4. The second-order valence-corrected chi connectivity index (χ2v) is 6.85. The van der Waals surface area contributed by atoms with Gasteiger partial charge in [-0.1, -0.05) is 12.1 Å². The number of carbonyl (C=O) groups excluding carboxylic acids is 1. The molecule has 0 aliphatic carbocycles. The molecule has 2 N–H and O–H groups in total. The van der Waals surface area contributed by atoms with Crippen molar-refractivity contribution in [2.45, 2.75) is 6.54 Å². The topological polar surface area (TPSA) is 83.3 Å². The van der Waals surface area contributed by atoms with E-state index in [0.29, 0.717) is 6.54 Å². The van der Waals surface area contributed by atoms with E-state index in [1.54, 1.807) is 29.3 Å².